The highest BCUT2D eigenvalue weighted by molar-refractivity contribution is 4.07. The summed E-state index contributed by atoms with van der Waals surface area (Å²) in [6.07, 6.45) is 0. The lowest BCUT2D eigenvalue weighted by atomic mass is 10.8. The van der Waals surface area contributed by atoms with Crippen LogP contribution in [0.3, 0.4) is 0 Å². The van der Waals surface area contributed by atoms with E-state index >= 15 is 0 Å². The van der Waals surface area contributed by atoms with Crippen molar-refractivity contribution < 1.29 is 14.9 Å². The Labute approximate surface area is 70.0 Å². The van der Waals surface area contributed by atoms with Crippen molar-refractivity contribution in [3.63, 3.8) is 0 Å². The molecule has 0 rings (SSSR count). The van der Waals surface area contributed by atoms with Crippen molar-refractivity contribution in [3.05, 3.63) is 0 Å². The molecule has 0 aliphatic carbocycles. The van der Waals surface area contributed by atoms with Crippen LogP contribution < -0.4 is 0 Å². The fraction of sp³-hybridized carbons (Fsp3) is 1.00. The second-order valence-electron chi connectivity index (χ2n) is 1.23. The van der Waals surface area contributed by atoms with Gasteiger partial charge in [0, 0.05) is 13.2 Å². The summed E-state index contributed by atoms with van der Waals surface area (Å²) in [4.78, 5) is 0. The third-order valence-electron chi connectivity index (χ3n) is 0.508. The van der Waals surface area contributed by atoms with E-state index < -0.39 is 0 Å². The lowest BCUT2D eigenvalue weighted by Gasteiger charge is -1.86. The van der Waals surface area contributed by atoms with Crippen LogP contribution in [0.25, 0.3) is 0 Å². The molecular formula is C8H22O3. The third-order valence-corrected chi connectivity index (χ3v) is 0.508. The van der Waals surface area contributed by atoms with Gasteiger partial charge in [-0.1, -0.05) is 13.8 Å². The fourth-order valence-corrected chi connectivity index (χ4v) is 0.204. The number of hydrogen-bond acceptors (Lipinski definition) is 3. The summed E-state index contributed by atoms with van der Waals surface area (Å²) in [5.41, 5.74) is 0. The first kappa shape index (κ1) is 17.1. The van der Waals surface area contributed by atoms with E-state index in [9.17, 15) is 0 Å². The summed E-state index contributed by atoms with van der Waals surface area (Å²) in [5.74, 6) is 0. The van der Waals surface area contributed by atoms with E-state index in [-0.39, 0.29) is 13.2 Å². The normalized spacial score (nSPS) is 7.09. The van der Waals surface area contributed by atoms with E-state index in [1.54, 1.807) is 0 Å². The molecule has 72 valence electrons. The summed E-state index contributed by atoms with van der Waals surface area (Å²) in [7, 11) is 0. The van der Waals surface area contributed by atoms with Gasteiger partial charge in [0.05, 0.1) is 13.2 Å². The average Bonchev–Trinajstić information content (AvgIpc) is 2.10. The minimum atomic E-state index is -0.125. The van der Waals surface area contributed by atoms with E-state index in [1.807, 2.05) is 27.7 Å². The van der Waals surface area contributed by atoms with E-state index in [0.29, 0.717) is 0 Å². The topological polar surface area (TPSA) is 49.7 Å². The number of aliphatic hydroxyl groups excluding tert-OH is 2. The molecule has 0 atom stereocenters. The molecule has 0 amide bonds. The van der Waals surface area contributed by atoms with Crippen LogP contribution in [0.4, 0.5) is 0 Å². The molecule has 11 heavy (non-hydrogen) atoms. The van der Waals surface area contributed by atoms with Crippen molar-refractivity contribution in [3.8, 4) is 0 Å². The van der Waals surface area contributed by atoms with E-state index in [2.05, 4.69) is 0 Å². The number of aliphatic hydroxyl groups is 2. The standard InChI is InChI=1S/C4H10O.C2H6O2.C2H6/c1-3-5-4-2;3-1-2-4;1-2/h3-4H2,1-2H3;3-4H,1-2H2;1-2H3. The lowest BCUT2D eigenvalue weighted by Crippen LogP contribution is -1.85. The third kappa shape index (κ3) is 74.0. The molecule has 0 saturated carbocycles. The van der Waals surface area contributed by atoms with Gasteiger partial charge in [0.1, 0.15) is 0 Å². The minimum Gasteiger partial charge on any atom is -0.394 e. The zero-order valence-corrected chi connectivity index (χ0v) is 8.13. The monoisotopic (exact) mass is 166 g/mol. The van der Waals surface area contributed by atoms with Crippen LogP contribution in [0.1, 0.15) is 27.7 Å². The van der Waals surface area contributed by atoms with Gasteiger partial charge >= 0.3 is 0 Å². The Morgan fingerprint density at radius 1 is 0.909 bits per heavy atom. The summed E-state index contributed by atoms with van der Waals surface area (Å²) >= 11 is 0. The first-order valence-electron chi connectivity index (χ1n) is 4.12. The van der Waals surface area contributed by atoms with Crippen LogP contribution in [0.5, 0.6) is 0 Å². The number of hydrogen-bond donors (Lipinski definition) is 2. The van der Waals surface area contributed by atoms with Crippen LogP contribution in [0.2, 0.25) is 0 Å². The molecule has 0 bridgehead atoms. The summed E-state index contributed by atoms with van der Waals surface area (Å²) in [6, 6.07) is 0. The van der Waals surface area contributed by atoms with Gasteiger partial charge in [0.2, 0.25) is 0 Å². The van der Waals surface area contributed by atoms with Gasteiger partial charge in [-0.3, -0.25) is 0 Å². The van der Waals surface area contributed by atoms with E-state index in [4.69, 9.17) is 14.9 Å². The highest BCUT2D eigenvalue weighted by Crippen LogP contribution is 1.64. The molecule has 0 spiro atoms. The largest absolute Gasteiger partial charge is 0.394 e. The van der Waals surface area contributed by atoms with Crippen LogP contribution in [-0.2, 0) is 4.74 Å². The first-order valence-corrected chi connectivity index (χ1v) is 4.12. The van der Waals surface area contributed by atoms with Gasteiger partial charge < -0.3 is 14.9 Å². The number of ether oxygens (including phenoxy) is 1. The van der Waals surface area contributed by atoms with Crippen LogP contribution in [0.15, 0.2) is 0 Å². The van der Waals surface area contributed by atoms with E-state index in [0.717, 1.165) is 13.2 Å². The Morgan fingerprint density at radius 2 is 1.18 bits per heavy atom. The second-order valence-corrected chi connectivity index (χ2v) is 1.23. The van der Waals surface area contributed by atoms with Crippen molar-refractivity contribution in [1.82, 2.24) is 0 Å². The molecule has 3 heteroatoms. The highest BCUT2D eigenvalue weighted by Gasteiger charge is 1.64. The van der Waals surface area contributed by atoms with Gasteiger partial charge in [0.15, 0.2) is 0 Å². The maximum atomic E-state index is 7.62. The Hall–Kier alpha value is -0.120. The summed E-state index contributed by atoms with van der Waals surface area (Å²) in [6.45, 7) is 9.42. The van der Waals surface area contributed by atoms with Crippen molar-refractivity contribution in [1.29, 1.82) is 0 Å². The lowest BCUT2D eigenvalue weighted by molar-refractivity contribution is 0.162. The second kappa shape index (κ2) is 32.7. The predicted molar refractivity (Wildman–Crippen MR) is 47.7 cm³/mol. The molecule has 3 nitrogen and oxygen atoms in total. The van der Waals surface area contributed by atoms with Gasteiger partial charge in [-0.2, -0.15) is 0 Å². The molecule has 0 aromatic carbocycles. The van der Waals surface area contributed by atoms with Gasteiger partial charge in [0.25, 0.3) is 0 Å². The Bertz CT molecular complexity index is 28.5. The van der Waals surface area contributed by atoms with Gasteiger partial charge in [-0.25, -0.2) is 0 Å². The summed E-state index contributed by atoms with van der Waals surface area (Å²) in [5, 5.41) is 15.2. The molecule has 0 aliphatic heterocycles. The average molecular weight is 166 g/mol. The SMILES string of the molecule is CC.CCOCC.OCCO. The van der Waals surface area contributed by atoms with Gasteiger partial charge in [-0.15, -0.1) is 0 Å². The first-order chi connectivity index (χ1) is 5.33. The quantitative estimate of drug-likeness (QED) is 0.658. The number of rotatable bonds is 3. The van der Waals surface area contributed by atoms with Crippen LogP contribution in [-0.4, -0.2) is 36.6 Å². The van der Waals surface area contributed by atoms with Crippen LogP contribution in [0, 0.1) is 0 Å². The van der Waals surface area contributed by atoms with Crippen molar-refractivity contribution in [2.24, 2.45) is 0 Å². The molecule has 0 fully saturated rings. The van der Waals surface area contributed by atoms with Gasteiger partial charge in [-0.05, 0) is 13.8 Å². The Kier molecular flexibility index (Phi) is 50.9. The molecule has 0 unspecified atom stereocenters. The highest BCUT2D eigenvalue weighted by atomic mass is 16.5. The Balaban J connectivity index is -0.0000000965. The van der Waals surface area contributed by atoms with E-state index in [1.165, 1.54) is 0 Å². The maximum Gasteiger partial charge on any atom is 0.0662 e. The molecule has 0 aromatic heterocycles. The fourth-order valence-electron chi connectivity index (χ4n) is 0.204. The molecule has 0 aliphatic rings. The molecule has 2 N–H and O–H groups in total. The molecule has 0 aromatic rings. The van der Waals surface area contributed by atoms with Crippen molar-refractivity contribution >= 4 is 0 Å². The maximum absolute atomic E-state index is 7.62. The minimum absolute atomic E-state index is 0.125. The zero-order chi connectivity index (χ0) is 9.54. The Morgan fingerprint density at radius 3 is 1.18 bits per heavy atom. The smallest absolute Gasteiger partial charge is 0.0662 e. The summed E-state index contributed by atoms with van der Waals surface area (Å²) < 4.78 is 4.83. The van der Waals surface area contributed by atoms with Crippen molar-refractivity contribution in [2.75, 3.05) is 26.4 Å². The zero-order valence-electron chi connectivity index (χ0n) is 8.13. The van der Waals surface area contributed by atoms with Crippen LogP contribution >= 0.6 is 0 Å². The molecule has 0 heterocycles. The molecule has 0 saturated heterocycles. The predicted octanol–water partition coefficient (Wildman–Crippen LogP) is 1.04. The van der Waals surface area contributed by atoms with Crippen molar-refractivity contribution in [2.45, 2.75) is 27.7 Å². The molecule has 0 radical (unpaired) electrons. The molecular weight excluding hydrogens is 144 g/mol.